The molecule has 0 unspecified atom stereocenters. The molecule has 1 rings (SSSR count). The van der Waals surface area contributed by atoms with Crippen LogP contribution in [-0.4, -0.2) is 33.3 Å². The Kier molecular flexibility index (Phi) is 3.32. The summed E-state index contributed by atoms with van der Waals surface area (Å²) in [5, 5.41) is 2.93. The van der Waals surface area contributed by atoms with Crippen LogP contribution in [0.4, 0.5) is 0 Å². The van der Waals surface area contributed by atoms with Crippen LogP contribution in [0.15, 0.2) is 0 Å². The summed E-state index contributed by atoms with van der Waals surface area (Å²) < 4.78 is 25.6. The lowest BCUT2D eigenvalue weighted by Gasteiger charge is -2.11. The second kappa shape index (κ2) is 3.94. The van der Waals surface area contributed by atoms with Gasteiger partial charge in [-0.25, -0.2) is 13.1 Å². The van der Waals surface area contributed by atoms with Crippen LogP contribution >= 0.6 is 0 Å². The van der Waals surface area contributed by atoms with Gasteiger partial charge in [-0.15, -0.1) is 0 Å². The fourth-order valence-electron chi connectivity index (χ4n) is 1.15. The zero-order chi connectivity index (χ0) is 9.95. The lowest BCUT2D eigenvalue weighted by Crippen LogP contribution is -2.36. The second-order valence-corrected chi connectivity index (χ2v) is 5.78. The number of rotatable bonds is 6. The van der Waals surface area contributed by atoms with Gasteiger partial charge in [0.1, 0.15) is 0 Å². The smallest absolute Gasteiger partial charge is 0.212 e. The fraction of sp³-hybridized carbons (Fsp3) is 1.00. The highest BCUT2D eigenvalue weighted by Gasteiger charge is 2.40. The van der Waals surface area contributed by atoms with E-state index in [2.05, 4.69) is 10.0 Å². The van der Waals surface area contributed by atoms with Gasteiger partial charge in [0.25, 0.3) is 0 Å². The first-order chi connectivity index (χ1) is 5.97. The van der Waals surface area contributed by atoms with E-state index in [4.69, 9.17) is 0 Å². The molecule has 0 amide bonds. The monoisotopic (exact) mass is 206 g/mol. The standard InChI is InChI=1S/C8H18N2O2S/c1-8(4-5-8)10-13(11,12)7-3-6-9-2/h9-10H,3-7H2,1-2H3. The van der Waals surface area contributed by atoms with Crippen molar-refractivity contribution in [3.63, 3.8) is 0 Å². The predicted octanol–water partition coefficient (Wildman–Crippen LogP) is 0.0678. The van der Waals surface area contributed by atoms with Gasteiger partial charge in [-0.2, -0.15) is 0 Å². The van der Waals surface area contributed by atoms with Gasteiger partial charge in [-0.1, -0.05) is 0 Å². The van der Waals surface area contributed by atoms with E-state index in [1.165, 1.54) is 0 Å². The van der Waals surface area contributed by atoms with Crippen LogP contribution < -0.4 is 10.0 Å². The first-order valence-corrected chi connectivity index (χ1v) is 6.29. The molecule has 5 heteroatoms. The lowest BCUT2D eigenvalue weighted by atomic mass is 10.4. The Balaban J connectivity index is 2.29. The minimum atomic E-state index is -3.04. The molecule has 0 bridgehead atoms. The normalized spacial score (nSPS) is 20.2. The second-order valence-electron chi connectivity index (χ2n) is 3.94. The average molecular weight is 206 g/mol. The van der Waals surface area contributed by atoms with Crippen LogP contribution in [0.3, 0.4) is 0 Å². The molecule has 2 N–H and O–H groups in total. The van der Waals surface area contributed by atoms with Gasteiger partial charge in [-0.3, -0.25) is 0 Å². The van der Waals surface area contributed by atoms with Gasteiger partial charge in [-0.05, 0) is 39.8 Å². The SMILES string of the molecule is CNCCCS(=O)(=O)NC1(C)CC1. The van der Waals surface area contributed by atoms with Crippen molar-refractivity contribution in [1.29, 1.82) is 0 Å². The topological polar surface area (TPSA) is 58.2 Å². The van der Waals surface area contributed by atoms with Crippen LogP contribution in [0.5, 0.6) is 0 Å². The summed E-state index contributed by atoms with van der Waals surface area (Å²) in [6, 6.07) is 0. The maximum absolute atomic E-state index is 11.4. The first kappa shape index (κ1) is 10.9. The van der Waals surface area contributed by atoms with Crippen molar-refractivity contribution in [2.24, 2.45) is 0 Å². The van der Waals surface area contributed by atoms with Gasteiger partial charge in [0, 0.05) is 5.54 Å². The Bertz CT molecular complexity index is 257. The summed E-state index contributed by atoms with van der Waals surface area (Å²) in [5.41, 5.74) is -0.127. The van der Waals surface area contributed by atoms with Crippen LogP contribution in [0.2, 0.25) is 0 Å². The summed E-state index contributed by atoms with van der Waals surface area (Å²) in [6.07, 6.45) is 2.61. The summed E-state index contributed by atoms with van der Waals surface area (Å²) >= 11 is 0. The molecular weight excluding hydrogens is 188 g/mol. The average Bonchev–Trinajstić information content (AvgIpc) is 2.66. The highest BCUT2D eigenvalue weighted by Crippen LogP contribution is 2.34. The van der Waals surface area contributed by atoms with E-state index in [0.717, 1.165) is 19.4 Å². The number of nitrogens with one attached hydrogen (secondary N) is 2. The lowest BCUT2D eigenvalue weighted by molar-refractivity contribution is 0.554. The molecule has 0 saturated heterocycles. The zero-order valence-corrected chi connectivity index (χ0v) is 9.08. The van der Waals surface area contributed by atoms with E-state index in [0.29, 0.717) is 6.42 Å². The van der Waals surface area contributed by atoms with Crippen molar-refractivity contribution >= 4 is 10.0 Å². The van der Waals surface area contributed by atoms with Crippen molar-refractivity contribution in [3.05, 3.63) is 0 Å². The molecule has 0 aromatic rings. The van der Waals surface area contributed by atoms with Gasteiger partial charge in [0.15, 0.2) is 0 Å². The molecule has 1 aliphatic carbocycles. The van der Waals surface area contributed by atoms with E-state index in [1.807, 2.05) is 14.0 Å². The summed E-state index contributed by atoms with van der Waals surface area (Å²) in [7, 11) is -1.22. The van der Waals surface area contributed by atoms with Crippen LogP contribution in [-0.2, 0) is 10.0 Å². The molecule has 0 spiro atoms. The van der Waals surface area contributed by atoms with Crippen LogP contribution in [0.1, 0.15) is 26.2 Å². The quantitative estimate of drug-likeness (QED) is 0.605. The Morgan fingerprint density at radius 3 is 2.46 bits per heavy atom. The van der Waals surface area contributed by atoms with Gasteiger partial charge in [0.2, 0.25) is 10.0 Å². The molecule has 1 fully saturated rings. The number of hydrogen-bond donors (Lipinski definition) is 2. The molecule has 1 aliphatic rings. The van der Waals surface area contributed by atoms with Gasteiger partial charge in [0.05, 0.1) is 5.75 Å². The first-order valence-electron chi connectivity index (χ1n) is 4.64. The Labute approximate surface area is 80.1 Å². The minimum Gasteiger partial charge on any atom is -0.320 e. The maximum atomic E-state index is 11.4. The molecule has 0 aromatic heterocycles. The molecule has 0 aliphatic heterocycles. The van der Waals surface area contributed by atoms with Crippen molar-refractivity contribution < 1.29 is 8.42 Å². The molecular formula is C8H18N2O2S. The highest BCUT2D eigenvalue weighted by atomic mass is 32.2. The summed E-state index contributed by atoms with van der Waals surface area (Å²) in [5.74, 6) is 0.226. The van der Waals surface area contributed by atoms with Gasteiger partial charge < -0.3 is 5.32 Å². The molecule has 1 saturated carbocycles. The summed E-state index contributed by atoms with van der Waals surface area (Å²) in [4.78, 5) is 0. The molecule has 4 nitrogen and oxygen atoms in total. The van der Waals surface area contributed by atoms with E-state index in [1.54, 1.807) is 0 Å². The van der Waals surface area contributed by atoms with Gasteiger partial charge >= 0.3 is 0 Å². The third-order valence-electron chi connectivity index (χ3n) is 2.24. The number of sulfonamides is 1. The van der Waals surface area contributed by atoms with Crippen molar-refractivity contribution in [2.45, 2.75) is 31.7 Å². The summed E-state index contributed by atoms with van der Waals surface area (Å²) in [6.45, 7) is 2.69. The highest BCUT2D eigenvalue weighted by molar-refractivity contribution is 7.89. The minimum absolute atomic E-state index is 0.127. The van der Waals surface area contributed by atoms with Crippen LogP contribution in [0, 0.1) is 0 Å². The molecule has 0 atom stereocenters. The Morgan fingerprint density at radius 1 is 1.38 bits per heavy atom. The van der Waals surface area contributed by atoms with Crippen molar-refractivity contribution in [2.75, 3.05) is 19.3 Å². The molecule has 0 aromatic carbocycles. The fourth-order valence-corrected chi connectivity index (χ4v) is 2.74. The Hall–Kier alpha value is -0.130. The third kappa shape index (κ3) is 4.06. The molecule has 78 valence electrons. The third-order valence-corrected chi connectivity index (χ3v) is 3.87. The number of hydrogen-bond acceptors (Lipinski definition) is 3. The van der Waals surface area contributed by atoms with E-state index >= 15 is 0 Å². The maximum Gasteiger partial charge on any atom is 0.212 e. The largest absolute Gasteiger partial charge is 0.320 e. The molecule has 0 heterocycles. The van der Waals surface area contributed by atoms with E-state index in [9.17, 15) is 8.42 Å². The molecule has 0 radical (unpaired) electrons. The predicted molar refractivity (Wildman–Crippen MR) is 53.1 cm³/mol. The van der Waals surface area contributed by atoms with Crippen LogP contribution in [0.25, 0.3) is 0 Å². The van der Waals surface area contributed by atoms with Crippen molar-refractivity contribution in [1.82, 2.24) is 10.0 Å². The van der Waals surface area contributed by atoms with E-state index < -0.39 is 10.0 Å². The zero-order valence-electron chi connectivity index (χ0n) is 8.26. The molecule has 13 heavy (non-hydrogen) atoms. The Morgan fingerprint density at radius 2 is 2.00 bits per heavy atom. The van der Waals surface area contributed by atoms with Crippen molar-refractivity contribution in [3.8, 4) is 0 Å². The van der Waals surface area contributed by atoms with E-state index in [-0.39, 0.29) is 11.3 Å².